The van der Waals surface area contributed by atoms with Crippen LogP contribution in [0.1, 0.15) is 12.5 Å². The first-order valence-electron chi connectivity index (χ1n) is 10.9. The largest absolute Gasteiger partial charge is 0.487 e. The van der Waals surface area contributed by atoms with Crippen LogP contribution in [-0.4, -0.2) is 29.7 Å². The fraction of sp³-hybridized carbons (Fsp3) is 0.200. The van der Waals surface area contributed by atoms with Gasteiger partial charge >= 0.3 is 0 Å². The van der Waals surface area contributed by atoms with E-state index < -0.39 is 0 Å². The van der Waals surface area contributed by atoms with Gasteiger partial charge in [0.05, 0.1) is 22.8 Å². The minimum absolute atomic E-state index is 0.215. The highest BCUT2D eigenvalue weighted by Gasteiger charge is 2.09. The third kappa shape index (κ3) is 6.32. The SMILES string of the molecule is CCNCCONc1ccc2ncnc(Nc3ccc(OCc4cccc(F)c4)c(Cl)c3)c2c1. The second-order valence-electron chi connectivity index (χ2n) is 7.45. The van der Waals surface area contributed by atoms with Crippen molar-refractivity contribution in [2.75, 3.05) is 30.5 Å². The highest BCUT2D eigenvalue weighted by Crippen LogP contribution is 2.31. The fourth-order valence-corrected chi connectivity index (χ4v) is 3.51. The molecule has 3 aromatic carbocycles. The lowest BCUT2D eigenvalue weighted by Gasteiger charge is -2.13. The predicted molar refractivity (Wildman–Crippen MR) is 133 cm³/mol. The Morgan fingerprint density at radius 3 is 2.71 bits per heavy atom. The van der Waals surface area contributed by atoms with Gasteiger partial charge < -0.3 is 15.4 Å². The topological polar surface area (TPSA) is 80.3 Å². The monoisotopic (exact) mass is 481 g/mol. The summed E-state index contributed by atoms with van der Waals surface area (Å²) in [5.74, 6) is 0.832. The van der Waals surface area contributed by atoms with Crippen molar-refractivity contribution in [3.05, 3.63) is 83.4 Å². The van der Waals surface area contributed by atoms with E-state index in [0.29, 0.717) is 23.2 Å². The van der Waals surface area contributed by atoms with Gasteiger partial charge in [0.25, 0.3) is 0 Å². The molecule has 34 heavy (non-hydrogen) atoms. The molecule has 3 N–H and O–H groups in total. The van der Waals surface area contributed by atoms with E-state index in [1.54, 1.807) is 24.3 Å². The molecule has 9 heteroatoms. The number of likely N-dealkylation sites (N-methyl/N-ethyl adjacent to an activating group) is 1. The standard InChI is InChI=1S/C25H25ClFN5O2/c1-2-28-10-11-34-32-20-6-8-23-21(13-20)25(30-16-29-23)31-19-7-9-24(22(26)14-19)33-15-17-4-3-5-18(27)12-17/h3-9,12-14,16,28,32H,2,10-11,15H2,1H3,(H,29,30,31). The molecule has 0 spiro atoms. The minimum Gasteiger partial charge on any atom is -0.487 e. The van der Waals surface area contributed by atoms with Crippen molar-refractivity contribution < 1.29 is 14.0 Å². The minimum atomic E-state index is -0.303. The van der Waals surface area contributed by atoms with E-state index >= 15 is 0 Å². The molecule has 0 fully saturated rings. The number of hydrogen-bond donors (Lipinski definition) is 3. The van der Waals surface area contributed by atoms with Crippen LogP contribution in [0.15, 0.2) is 67.0 Å². The highest BCUT2D eigenvalue weighted by atomic mass is 35.5. The van der Waals surface area contributed by atoms with Crippen molar-refractivity contribution in [3.63, 3.8) is 0 Å². The Morgan fingerprint density at radius 2 is 1.88 bits per heavy atom. The molecule has 0 amide bonds. The predicted octanol–water partition coefficient (Wildman–Crippen LogP) is 5.70. The molecule has 176 valence electrons. The third-order valence-electron chi connectivity index (χ3n) is 4.93. The summed E-state index contributed by atoms with van der Waals surface area (Å²) in [6.45, 7) is 4.46. The summed E-state index contributed by atoms with van der Waals surface area (Å²) in [6.07, 6.45) is 1.50. The molecule has 0 atom stereocenters. The first kappa shape index (κ1) is 23.7. The zero-order chi connectivity index (χ0) is 23.8. The van der Waals surface area contributed by atoms with Crippen LogP contribution in [0.5, 0.6) is 5.75 Å². The van der Waals surface area contributed by atoms with Gasteiger partial charge in [-0.1, -0.05) is 30.7 Å². The molecule has 0 radical (unpaired) electrons. The number of nitrogens with one attached hydrogen (secondary N) is 3. The smallest absolute Gasteiger partial charge is 0.141 e. The van der Waals surface area contributed by atoms with Crippen LogP contribution in [0, 0.1) is 5.82 Å². The zero-order valence-electron chi connectivity index (χ0n) is 18.6. The average Bonchev–Trinajstić information content (AvgIpc) is 2.84. The quantitative estimate of drug-likeness (QED) is 0.187. The van der Waals surface area contributed by atoms with Crippen molar-refractivity contribution in [3.8, 4) is 5.75 Å². The van der Waals surface area contributed by atoms with Crippen LogP contribution < -0.4 is 20.9 Å². The van der Waals surface area contributed by atoms with Crippen LogP contribution >= 0.6 is 11.6 Å². The number of fused-ring (bicyclic) bond motifs is 1. The van der Waals surface area contributed by atoms with E-state index in [2.05, 4.69) is 26.1 Å². The second kappa shape index (κ2) is 11.6. The number of benzene rings is 3. The highest BCUT2D eigenvalue weighted by molar-refractivity contribution is 6.32. The van der Waals surface area contributed by atoms with Crippen LogP contribution in [-0.2, 0) is 11.4 Å². The molecular formula is C25H25ClFN5O2. The maximum absolute atomic E-state index is 13.4. The van der Waals surface area contributed by atoms with E-state index in [0.717, 1.165) is 40.9 Å². The number of nitrogens with zero attached hydrogens (tertiary/aromatic N) is 2. The van der Waals surface area contributed by atoms with Crippen molar-refractivity contribution in [2.45, 2.75) is 13.5 Å². The first-order chi connectivity index (χ1) is 16.6. The summed E-state index contributed by atoms with van der Waals surface area (Å²) in [4.78, 5) is 14.2. The van der Waals surface area contributed by atoms with Gasteiger partial charge in [-0.05, 0) is 60.6 Å². The molecule has 4 rings (SSSR count). The van der Waals surface area contributed by atoms with Crippen LogP contribution in [0.3, 0.4) is 0 Å². The second-order valence-corrected chi connectivity index (χ2v) is 7.85. The Morgan fingerprint density at radius 1 is 1.00 bits per heavy atom. The molecule has 0 aliphatic rings. The van der Waals surface area contributed by atoms with Gasteiger partial charge in [-0.25, -0.2) is 14.4 Å². The van der Waals surface area contributed by atoms with Crippen molar-refractivity contribution in [1.29, 1.82) is 0 Å². The molecule has 0 saturated heterocycles. The van der Waals surface area contributed by atoms with Crippen LogP contribution in [0.4, 0.5) is 21.6 Å². The Labute approximate surface area is 202 Å². The third-order valence-corrected chi connectivity index (χ3v) is 5.23. The fourth-order valence-electron chi connectivity index (χ4n) is 3.27. The van der Waals surface area contributed by atoms with Crippen molar-refractivity contribution >= 4 is 39.7 Å². The molecule has 0 aliphatic carbocycles. The zero-order valence-corrected chi connectivity index (χ0v) is 19.4. The lowest BCUT2D eigenvalue weighted by molar-refractivity contribution is 0.195. The molecule has 1 aromatic heterocycles. The van der Waals surface area contributed by atoms with Crippen LogP contribution in [0.2, 0.25) is 5.02 Å². The Bertz CT molecular complexity index is 1260. The lowest BCUT2D eigenvalue weighted by atomic mass is 10.2. The number of aromatic nitrogens is 2. The van der Waals surface area contributed by atoms with Gasteiger partial charge in [0.2, 0.25) is 0 Å². The number of rotatable bonds is 11. The van der Waals surface area contributed by atoms with E-state index in [1.807, 2.05) is 31.2 Å². The van der Waals surface area contributed by atoms with E-state index in [9.17, 15) is 4.39 Å². The maximum Gasteiger partial charge on any atom is 0.141 e. The van der Waals surface area contributed by atoms with Gasteiger partial charge in [0.15, 0.2) is 0 Å². The molecular weight excluding hydrogens is 457 g/mol. The van der Waals surface area contributed by atoms with Crippen molar-refractivity contribution in [2.24, 2.45) is 0 Å². The number of halogens is 2. The molecule has 4 aromatic rings. The molecule has 7 nitrogen and oxygen atoms in total. The summed E-state index contributed by atoms with van der Waals surface area (Å²) in [5, 5.41) is 7.74. The summed E-state index contributed by atoms with van der Waals surface area (Å²) >= 11 is 6.43. The summed E-state index contributed by atoms with van der Waals surface area (Å²) in [5.41, 5.74) is 5.99. The Balaban J connectivity index is 1.44. The number of hydrogen-bond acceptors (Lipinski definition) is 7. The van der Waals surface area contributed by atoms with Crippen molar-refractivity contribution in [1.82, 2.24) is 15.3 Å². The summed E-state index contributed by atoms with van der Waals surface area (Å²) < 4.78 is 19.1. The van der Waals surface area contributed by atoms with Gasteiger partial charge in [0, 0.05) is 17.6 Å². The maximum atomic E-state index is 13.4. The Kier molecular flexibility index (Phi) is 8.08. The molecule has 0 unspecified atom stereocenters. The molecule has 0 aliphatic heterocycles. The molecule has 0 bridgehead atoms. The normalized spacial score (nSPS) is 10.9. The lowest BCUT2D eigenvalue weighted by Crippen LogP contribution is -2.20. The van der Waals surface area contributed by atoms with Gasteiger partial charge in [-0.15, -0.1) is 0 Å². The summed E-state index contributed by atoms with van der Waals surface area (Å²) in [7, 11) is 0. The molecule has 0 saturated carbocycles. The summed E-state index contributed by atoms with van der Waals surface area (Å²) in [6, 6.07) is 17.3. The number of anilines is 3. The average molecular weight is 482 g/mol. The molecule has 1 heterocycles. The number of ether oxygens (including phenoxy) is 1. The Hall–Kier alpha value is -3.46. The van der Waals surface area contributed by atoms with Gasteiger partial charge in [-0.2, -0.15) is 0 Å². The van der Waals surface area contributed by atoms with Gasteiger partial charge in [0.1, 0.15) is 30.3 Å². The van der Waals surface area contributed by atoms with Gasteiger partial charge in [-0.3, -0.25) is 10.3 Å². The first-order valence-corrected chi connectivity index (χ1v) is 11.3. The van der Waals surface area contributed by atoms with E-state index in [-0.39, 0.29) is 12.4 Å². The van der Waals surface area contributed by atoms with Crippen LogP contribution in [0.25, 0.3) is 10.9 Å². The van der Waals surface area contributed by atoms with E-state index in [1.165, 1.54) is 18.5 Å². The van der Waals surface area contributed by atoms with E-state index in [4.69, 9.17) is 21.2 Å².